The van der Waals surface area contributed by atoms with E-state index in [0.717, 1.165) is 11.3 Å². The van der Waals surface area contributed by atoms with Crippen molar-refractivity contribution in [1.82, 2.24) is 5.32 Å². The molecular formula is C12H15NO2. The monoisotopic (exact) mass is 205 g/mol. The predicted molar refractivity (Wildman–Crippen MR) is 60.5 cm³/mol. The summed E-state index contributed by atoms with van der Waals surface area (Å²) in [5.41, 5.74) is 2.52. The molecule has 3 heteroatoms. The summed E-state index contributed by atoms with van der Waals surface area (Å²) in [7, 11) is 3.23. The van der Waals surface area contributed by atoms with E-state index in [4.69, 9.17) is 0 Å². The largest absolute Gasteiger partial charge is 0.465 e. The first kappa shape index (κ1) is 11.3. The van der Waals surface area contributed by atoms with Gasteiger partial charge in [0.15, 0.2) is 0 Å². The average molecular weight is 205 g/mol. The normalized spacial score (nSPS) is 11.0. The molecule has 0 radical (unpaired) electrons. The lowest BCUT2D eigenvalue weighted by Gasteiger charge is -2.07. The molecule has 1 aromatic rings. The molecule has 0 atom stereocenters. The quantitative estimate of drug-likeness (QED) is 0.767. The highest BCUT2D eigenvalue weighted by Gasteiger charge is 2.06. The molecule has 0 aliphatic heterocycles. The molecule has 0 amide bonds. The van der Waals surface area contributed by atoms with Gasteiger partial charge in [0.1, 0.15) is 0 Å². The minimum absolute atomic E-state index is 0.316. The van der Waals surface area contributed by atoms with E-state index in [-0.39, 0.29) is 5.97 Å². The van der Waals surface area contributed by atoms with Crippen molar-refractivity contribution < 1.29 is 9.53 Å². The van der Waals surface area contributed by atoms with Crippen LogP contribution >= 0.6 is 0 Å². The topological polar surface area (TPSA) is 38.3 Å². The van der Waals surface area contributed by atoms with E-state index >= 15 is 0 Å². The van der Waals surface area contributed by atoms with Crippen LogP contribution in [0.3, 0.4) is 0 Å². The first-order valence-corrected chi connectivity index (χ1v) is 4.75. The predicted octanol–water partition coefficient (Wildman–Crippen LogP) is 2.05. The summed E-state index contributed by atoms with van der Waals surface area (Å²) < 4.78 is 4.66. The molecule has 80 valence electrons. The van der Waals surface area contributed by atoms with Gasteiger partial charge < -0.3 is 10.1 Å². The lowest BCUT2D eigenvalue weighted by molar-refractivity contribution is 0.0600. The van der Waals surface area contributed by atoms with E-state index in [2.05, 4.69) is 10.1 Å². The van der Waals surface area contributed by atoms with Crippen molar-refractivity contribution in [1.29, 1.82) is 0 Å². The number of carbonyl (C=O) groups is 1. The van der Waals surface area contributed by atoms with Gasteiger partial charge in [0.2, 0.25) is 0 Å². The second-order valence-electron chi connectivity index (χ2n) is 3.02. The summed E-state index contributed by atoms with van der Waals surface area (Å²) in [5.74, 6) is -0.316. The van der Waals surface area contributed by atoms with Crippen LogP contribution in [0, 0.1) is 0 Å². The number of carbonyl (C=O) groups excluding carboxylic acids is 1. The number of esters is 1. The van der Waals surface area contributed by atoms with Crippen LogP contribution in [0.4, 0.5) is 0 Å². The van der Waals surface area contributed by atoms with Gasteiger partial charge in [-0.2, -0.15) is 0 Å². The molecule has 1 N–H and O–H groups in total. The molecule has 1 rings (SSSR count). The number of methoxy groups -OCH3 is 1. The van der Waals surface area contributed by atoms with Crippen LogP contribution in [0.2, 0.25) is 0 Å². The van der Waals surface area contributed by atoms with Crippen molar-refractivity contribution in [2.75, 3.05) is 14.2 Å². The lowest BCUT2D eigenvalue weighted by atomic mass is 10.1. The third-order valence-corrected chi connectivity index (χ3v) is 2.15. The Morgan fingerprint density at radius 3 is 2.60 bits per heavy atom. The number of hydrogen-bond donors (Lipinski definition) is 1. The molecule has 0 aromatic heterocycles. The third-order valence-electron chi connectivity index (χ3n) is 2.15. The van der Waals surface area contributed by atoms with Gasteiger partial charge in [-0.1, -0.05) is 18.2 Å². The Hall–Kier alpha value is -1.77. The van der Waals surface area contributed by atoms with Crippen LogP contribution in [-0.4, -0.2) is 20.1 Å². The summed E-state index contributed by atoms with van der Waals surface area (Å²) in [6.07, 6.45) is 1.95. The van der Waals surface area contributed by atoms with Gasteiger partial charge in [0, 0.05) is 12.7 Å². The zero-order valence-corrected chi connectivity index (χ0v) is 9.20. The minimum atomic E-state index is -0.316. The number of allylic oxidation sites excluding steroid dienone is 1. The van der Waals surface area contributed by atoms with Crippen LogP contribution < -0.4 is 5.32 Å². The highest BCUT2D eigenvalue weighted by atomic mass is 16.5. The van der Waals surface area contributed by atoms with E-state index in [0.29, 0.717) is 5.56 Å². The maximum Gasteiger partial charge on any atom is 0.337 e. The lowest BCUT2D eigenvalue weighted by Crippen LogP contribution is -2.06. The molecular weight excluding hydrogens is 190 g/mol. The van der Waals surface area contributed by atoms with Crippen LogP contribution in [0.25, 0.3) is 5.70 Å². The number of nitrogens with one attached hydrogen (secondary N) is 1. The molecule has 3 nitrogen and oxygen atoms in total. The molecule has 0 unspecified atom stereocenters. The molecule has 15 heavy (non-hydrogen) atoms. The first-order valence-electron chi connectivity index (χ1n) is 4.75. The van der Waals surface area contributed by atoms with E-state index in [1.807, 2.05) is 32.2 Å². The molecule has 1 aromatic carbocycles. The van der Waals surface area contributed by atoms with Crippen LogP contribution in [0.15, 0.2) is 30.3 Å². The number of benzene rings is 1. The summed E-state index contributed by atoms with van der Waals surface area (Å²) in [5, 5.41) is 3.06. The fourth-order valence-electron chi connectivity index (χ4n) is 1.39. The Balaban J connectivity index is 3.07. The van der Waals surface area contributed by atoms with Crippen LogP contribution in [0.1, 0.15) is 22.8 Å². The Morgan fingerprint density at radius 2 is 2.07 bits per heavy atom. The van der Waals surface area contributed by atoms with Crippen molar-refractivity contribution >= 4 is 11.7 Å². The van der Waals surface area contributed by atoms with Gasteiger partial charge in [-0.3, -0.25) is 0 Å². The van der Waals surface area contributed by atoms with Crippen molar-refractivity contribution in [3.05, 3.63) is 41.5 Å². The van der Waals surface area contributed by atoms with Crippen molar-refractivity contribution in [2.45, 2.75) is 6.92 Å². The number of ether oxygens (including phenoxy) is 1. The zero-order valence-electron chi connectivity index (χ0n) is 9.20. The van der Waals surface area contributed by atoms with E-state index < -0.39 is 0 Å². The molecule has 0 bridgehead atoms. The molecule has 0 saturated heterocycles. The Morgan fingerprint density at radius 1 is 1.40 bits per heavy atom. The van der Waals surface area contributed by atoms with Gasteiger partial charge in [0.05, 0.1) is 12.7 Å². The van der Waals surface area contributed by atoms with Gasteiger partial charge in [-0.05, 0) is 24.6 Å². The summed E-state index contributed by atoms with van der Waals surface area (Å²) in [4.78, 5) is 11.3. The van der Waals surface area contributed by atoms with Gasteiger partial charge in [0.25, 0.3) is 0 Å². The second kappa shape index (κ2) is 5.20. The zero-order chi connectivity index (χ0) is 11.3. The van der Waals surface area contributed by atoms with Crippen LogP contribution in [-0.2, 0) is 4.74 Å². The van der Waals surface area contributed by atoms with Crippen molar-refractivity contribution in [2.24, 2.45) is 0 Å². The highest BCUT2D eigenvalue weighted by molar-refractivity contribution is 5.90. The number of rotatable bonds is 3. The molecule has 0 fully saturated rings. The molecule has 0 aliphatic rings. The van der Waals surface area contributed by atoms with Crippen molar-refractivity contribution in [3.63, 3.8) is 0 Å². The molecule has 0 saturated carbocycles. The first-order chi connectivity index (χ1) is 7.22. The van der Waals surface area contributed by atoms with Gasteiger partial charge in [-0.15, -0.1) is 0 Å². The standard InChI is InChI=1S/C12H15NO2/c1-4-11(13-2)9-6-5-7-10(8-9)12(14)15-3/h4-8,13H,1-3H3. The molecule has 0 aliphatic carbocycles. The van der Waals surface area contributed by atoms with Crippen LogP contribution in [0.5, 0.6) is 0 Å². The third kappa shape index (κ3) is 2.59. The second-order valence-corrected chi connectivity index (χ2v) is 3.02. The van der Waals surface area contributed by atoms with Crippen molar-refractivity contribution in [3.8, 4) is 0 Å². The van der Waals surface area contributed by atoms with E-state index in [1.165, 1.54) is 7.11 Å². The van der Waals surface area contributed by atoms with E-state index in [1.54, 1.807) is 12.1 Å². The SMILES string of the molecule is CC=C(NC)c1cccc(C(=O)OC)c1. The van der Waals surface area contributed by atoms with E-state index in [9.17, 15) is 4.79 Å². The fourth-order valence-corrected chi connectivity index (χ4v) is 1.39. The molecule has 0 spiro atoms. The highest BCUT2D eigenvalue weighted by Crippen LogP contribution is 2.13. The number of hydrogen-bond acceptors (Lipinski definition) is 3. The summed E-state index contributed by atoms with van der Waals surface area (Å²) in [6, 6.07) is 7.32. The summed E-state index contributed by atoms with van der Waals surface area (Å²) >= 11 is 0. The van der Waals surface area contributed by atoms with Gasteiger partial charge >= 0.3 is 5.97 Å². The average Bonchev–Trinajstić information content (AvgIpc) is 2.30. The Kier molecular flexibility index (Phi) is 3.92. The van der Waals surface area contributed by atoms with Gasteiger partial charge in [-0.25, -0.2) is 4.79 Å². The molecule has 0 heterocycles. The Bertz CT molecular complexity index is 383. The maximum absolute atomic E-state index is 11.3. The fraction of sp³-hybridized carbons (Fsp3) is 0.250. The Labute approximate surface area is 89.8 Å². The minimum Gasteiger partial charge on any atom is -0.465 e. The summed E-state index contributed by atoms with van der Waals surface area (Å²) in [6.45, 7) is 1.94. The smallest absolute Gasteiger partial charge is 0.337 e. The maximum atomic E-state index is 11.3.